The number of carbonyl (C=O) groups excluding carboxylic acids is 1. The molecule has 0 aliphatic heterocycles. The minimum Gasteiger partial charge on any atom is -0.322 e. The molecule has 10 heteroatoms. The number of anilines is 1. The quantitative estimate of drug-likeness (QED) is 0.310. The van der Waals surface area contributed by atoms with Gasteiger partial charge in [0.15, 0.2) is 0 Å². The van der Waals surface area contributed by atoms with Crippen LogP contribution >= 0.6 is 0 Å². The lowest BCUT2D eigenvalue weighted by atomic mass is 9.81. The Bertz CT molecular complexity index is 1480. The molecule has 0 radical (unpaired) electrons. The van der Waals surface area contributed by atoms with Gasteiger partial charge < -0.3 is 5.32 Å². The Morgan fingerprint density at radius 3 is 2.58 bits per heavy atom. The van der Waals surface area contributed by atoms with Gasteiger partial charge in [-0.2, -0.15) is 18.3 Å². The van der Waals surface area contributed by atoms with Crippen LogP contribution in [0.25, 0.3) is 16.9 Å². The molecule has 0 saturated heterocycles. The molecule has 1 N–H and O–H groups in total. The second-order valence-electron chi connectivity index (χ2n) is 10.0. The maximum absolute atomic E-state index is 13.6. The Morgan fingerprint density at radius 1 is 1.13 bits per heavy atom. The van der Waals surface area contributed by atoms with Gasteiger partial charge in [0.05, 0.1) is 23.6 Å². The van der Waals surface area contributed by atoms with E-state index in [-0.39, 0.29) is 5.69 Å². The van der Waals surface area contributed by atoms with Crippen LogP contribution < -0.4 is 5.32 Å². The molecule has 1 saturated carbocycles. The number of benzene rings is 2. The van der Waals surface area contributed by atoms with E-state index in [1.807, 2.05) is 20.9 Å². The lowest BCUT2D eigenvalue weighted by Crippen LogP contribution is -2.15. The lowest BCUT2D eigenvalue weighted by Gasteiger charge is -2.25. The fraction of sp³-hybridized carbons (Fsp3) is 0.357. The second kappa shape index (κ2) is 10.1. The van der Waals surface area contributed by atoms with Gasteiger partial charge in [0.2, 0.25) is 0 Å². The van der Waals surface area contributed by atoms with E-state index >= 15 is 0 Å². The topological polar surface area (TPSA) is 77.6 Å². The van der Waals surface area contributed by atoms with E-state index in [9.17, 15) is 18.0 Å². The van der Waals surface area contributed by atoms with Crippen molar-refractivity contribution >= 4 is 11.6 Å². The minimum atomic E-state index is -4.50. The summed E-state index contributed by atoms with van der Waals surface area (Å²) < 4.78 is 44.1. The highest BCUT2D eigenvalue weighted by Gasteiger charge is 2.31. The number of nitrogens with zero attached hydrogens (tertiary/aromatic N) is 5. The molecule has 1 amide bonds. The van der Waals surface area contributed by atoms with E-state index in [0.29, 0.717) is 34.8 Å². The number of hydrogen-bond acceptors (Lipinski definition) is 4. The van der Waals surface area contributed by atoms with Crippen molar-refractivity contribution in [3.63, 3.8) is 0 Å². The van der Waals surface area contributed by atoms with Gasteiger partial charge in [0, 0.05) is 29.6 Å². The zero-order chi connectivity index (χ0) is 27.0. The summed E-state index contributed by atoms with van der Waals surface area (Å²) in [6, 6.07) is 8.88. The van der Waals surface area contributed by atoms with Gasteiger partial charge in [-0.05, 0) is 74.1 Å². The van der Waals surface area contributed by atoms with Crippen LogP contribution in [-0.2, 0) is 19.6 Å². The van der Waals surface area contributed by atoms with Crippen LogP contribution in [0.15, 0.2) is 48.8 Å². The van der Waals surface area contributed by atoms with Gasteiger partial charge in [-0.15, -0.1) is 5.10 Å². The zero-order valence-electron chi connectivity index (χ0n) is 21.5. The molecule has 0 unspecified atom stereocenters. The molecular weight excluding hydrogens is 493 g/mol. The Labute approximate surface area is 218 Å². The third-order valence-corrected chi connectivity index (χ3v) is 7.37. The van der Waals surface area contributed by atoms with Crippen molar-refractivity contribution in [3.05, 3.63) is 76.7 Å². The number of carbonyl (C=O) groups is 1. The van der Waals surface area contributed by atoms with Crippen LogP contribution in [0.4, 0.5) is 18.9 Å². The summed E-state index contributed by atoms with van der Waals surface area (Å²) in [5.41, 5.74) is 4.18. The summed E-state index contributed by atoms with van der Waals surface area (Å²) in [6.07, 6.45) is 3.84. The van der Waals surface area contributed by atoms with Crippen molar-refractivity contribution in [2.45, 2.75) is 52.1 Å². The number of aromatic nitrogens is 5. The van der Waals surface area contributed by atoms with Gasteiger partial charge in [-0.1, -0.05) is 30.5 Å². The largest absolute Gasteiger partial charge is 0.416 e. The number of halogens is 3. The minimum absolute atomic E-state index is 0.130. The van der Waals surface area contributed by atoms with Crippen molar-refractivity contribution in [1.29, 1.82) is 0 Å². The standard InChI is InChI=1S/C28H29F3N6O/c1-17-7-10-21(13-26(17)37-16-25(34-35-37)24-15-32-36(3)18(24)2)27(38)33-23-12-20(9-8-19-5-4-6-19)11-22(14-23)28(29,30)31/h7,10-16,19H,4-6,8-9H2,1-3H3,(H,33,38). The van der Waals surface area contributed by atoms with Crippen LogP contribution in [0.2, 0.25) is 0 Å². The number of nitrogens with one attached hydrogen (secondary N) is 1. The summed E-state index contributed by atoms with van der Waals surface area (Å²) >= 11 is 0. The van der Waals surface area contributed by atoms with Crippen LogP contribution in [0.3, 0.4) is 0 Å². The fourth-order valence-corrected chi connectivity index (χ4v) is 4.68. The number of aryl methyl sites for hydroxylation is 3. The van der Waals surface area contributed by atoms with E-state index in [4.69, 9.17) is 0 Å². The molecule has 0 atom stereocenters. The summed E-state index contributed by atoms with van der Waals surface area (Å²) in [5, 5.41) is 15.4. The monoisotopic (exact) mass is 522 g/mol. The van der Waals surface area contributed by atoms with Crippen LogP contribution in [0.5, 0.6) is 0 Å². The highest BCUT2D eigenvalue weighted by molar-refractivity contribution is 6.04. The SMILES string of the molecule is Cc1ccc(C(=O)Nc2cc(CCC3CCC3)cc(C(F)(F)F)c2)cc1-n1cc(-c2cnn(C)c2C)nn1. The van der Waals surface area contributed by atoms with E-state index in [0.717, 1.165) is 42.1 Å². The van der Waals surface area contributed by atoms with Crippen molar-refractivity contribution in [3.8, 4) is 16.9 Å². The van der Waals surface area contributed by atoms with Crippen LogP contribution in [0, 0.1) is 19.8 Å². The molecule has 7 nitrogen and oxygen atoms in total. The molecule has 5 rings (SSSR count). The molecule has 0 spiro atoms. The summed E-state index contributed by atoms with van der Waals surface area (Å²) in [5.74, 6) is 0.0758. The van der Waals surface area contributed by atoms with E-state index in [2.05, 4.69) is 20.7 Å². The second-order valence-corrected chi connectivity index (χ2v) is 10.0. The first kappa shape index (κ1) is 25.7. The van der Waals surface area contributed by atoms with Crippen molar-refractivity contribution in [1.82, 2.24) is 24.8 Å². The third kappa shape index (κ3) is 5.34. The lowest BCUT2D eigenvalue weighted by molar-refractivity contribution is -0.137. The summed E-state index contributed by atoms with van der Waals surface area (Å²) in [7, 11) is 1.84. The van der Waals surface area contributed by atoms with Crippen molar-refractivity contribution < 1.29 is 18.0 Å². The van der Waals surface area contributed by atoms with Gasteiger partial charge in [-0.3, -0.25) is 9.48 Å². The molecule has 2 aromatic heterocycles. The first-order valence-electron chi connectivity index (χ1n) is 12.6. The van der Waals surface area contributed by atoms with E-state index in [1.165, 1.54) is 12.5 Å². The van der Waals surface area contributed by atoms with E-state index in [1.54, 1.807) is 46.0 Å². The molecule has 1 fully saturated rings. The fourth-order valence-electron chi connectivity index (χ4n) is 4.68. The Balaban J connectivity index is 1.39. The molecule has 2 heterocycles. The molecule has 1 aliphatic carbocycles. The van der Waals surface area contributed by atoms with Crippen molar-refractivity contribution in [2.24, 2.45) is 13.0 Å². The summed E-state index contributed by atoms with van der Waals surface area (Å²) in [4.78, 5) is 13.1. The predicted octanol–water partition coefficient (Wildman–Crippen LogP) is 6.29. The van der Waals surface area contributed by atoms with Gasteiger partial charge >= 0.3 is 6.18 Å². The highest BCUT2D eigenvalue weighted by atomic mass is 19.4. The Morgan fingerprint density at radius 2 is 1.92 bits per heavy atom. The third-order valence-electron chi connectivity index (χ3n) is 7.37. The first-order chi connectivity index (χ1) is 18.1. The number of rotatable bonds is 7. The smallest absolute Gasteiger partial charge is 0.322 e. The zero-order valence-corrected chi connectivity index (χ0v) is 21.5. The molecule has 198 valence electrons. The highest BCUT2D eigenvalue weighted by Crippen LogP contribution is 2.35. The number of amides is 1. The average Bonchev–Trinajstić information content (AvgIpc) is 3.44. The number of alkyl halides is 3. The maximum atomic E-state index is 13.6. The summed E-state index contributed by atoms with van der Waals surface area (Å²) in [6.45, 7) is 3.82. The molecule has 2 aromatic carbocycles. The molecule has 1 aliphatic rings. The first-order valence-corrected chi connectivity index (χ1v) is 12.6. The van der Waals surface area contributed by atoms with Crippen molar-refractivity contribution in [2.75, 3.05) is 5.32 Å². The maximum Gasteiger partial charge on any atom is 0.416 e. The van der Waals surface area contributed by atoms with Crippen LogP contribution in [-0.4, -0.2) is 30.7 Å². The van der Waals surface area contributed by atoms with Gasteiger partial charge in [-0.25, -0.2) is 4.68 Å². The Hall–Kier alpha value is -3.95. The molecule has 38 heavy (non-hydrogen) atoms. The Kier molecular flexibility index (Phi) is 6.81. The average molecular weight is 523 g/mol. The van der Waals surface area contributed by atoms with Gasteiger partial charge in [0.1, 0.15) is 5.69 Å². The molecular formula is C28H29F3N6O. The van der Waals surface area contributed by atoms with E-state index < -0.39 is 17.6 Å². The van der Waals surface area contributed by atoms with Crippen LogP contribution in [0.1, 0.15) is 58.4 Å². The number of hydrogen-bond donors (Lipinski definition) is 1. The predicted molar refractivity (Wildman–Crippen MR) is 138 cm³/mol. The molecule has 0 bridgehead atoms. The van der Waals surface area contributed by atoms with Gasteiger partial charge in [0.25, 0.3) is 5.91 Å². The molecule has 4 aromatic rings. The normalized spacial score (nSPS) is 13.9.